The summed E-state index contributed by atoms with van der Waals surface area (Å²) in [6, 6.07) is 0. The van der Waals surface area contributed by atoms with Crippen LogP contribution in [0.3, 0.4) is 0 Å². The maximum Gasteiger partial charge on any atom is 0.422 e. The quantitative estimate of drug-likeness (QED) is 0.382. The molecule has 0 aromatic carbocycles. The molecule has 0 amide bonds. The van der Waals surface area contributed by atoms with Crippen molar-refractivity contribution in [2.45, 2.75) is 0 Å². The van der Waals surface area contributed by atoms with E-state index in [0.29, 0.717) is 0 Å². The van der Waals surface area contributed by atoms with Crippen molar-refractivity contribution in [2.75, 3.05) is 14.1 Å². The maximum atomic E-state index is 9.76. The van der Waals surface area contributed by atoms with Crippen LogP contribution in [0.4, 0.5) is 4.79 Å². The Morgan fingerprint density at radius 2 is 2.14 bits per heavy atom. The molecule has 0 spiro atoms. The zero-order chi connectivity index (χ0) is 5.86. The molecular weight excluding hydrogens is 117 g/mol. The van der Waals surface area contributed by atoms with E-state index in [2.05, 4.69) is 4.84 Å². The molecule has 0 N–H and O–H groups in total. The SMILES string of the molecule is CN(C)OC(=O)Cl. The monoisotopic (exact) mass is 123 g/mol. The van der Waals surface area contributed by atoms with Crippen LogP contribution in [0, 0.1) is 0 Å². The van der Waals surface area contributed by atoms with Crippen LogP contribution in [0.5, 0.6) is 0 Å². The van der Waals surface area contributed by atoms with Crippen LogP contribution in [-0.2, 0) is 4.84 Å². The van der Waals surface area contributed by atoms with Gasteiger partial charge in [0.2, 0.25) is 0 Å². The fraction of sp³-hybridized carbons (Fsp3) is 0.667. The number of hydroxylamine groups is 2. The van der Waals surface area contributed by atoms with Gasteiger partial charge in [0.25, 0.3) is 0 Å². The first-order valence-electron chi connectivity index (χ1n) is 1.67. The third-order valence-corrected chi connectivity index (χ3v) is 0.323. The molecule has 4 heteroatoms. The standard InChI is InChI=1S/C3H6ClNO2/c1-5(2)7-3(4)6/h1-2H3. The second-order valence-corrected chi connectivity index (χ2v) is 1.45. The molecule has 0 unspecified atom stereocenters. The summed E-state index contributed by atoms with van der Waals surface area (Å²) in [4.78, 5) is 14.0. The van der Waals surface area contributed by atoms with Crippen molar-refractivity contribution in [2.24, 2.45) is 0 Å². The zero-order valence-electron chi connectivity index (χ0n) is 4.14. The van der Waals surface area contributed by atoms with E-state index in [1.165, 1.54) is 5.06 Å². The highest BCUT2D eigenvalue weighted by molar-refractivity contribution is 6.61. The molecule has 0 aliphatic rings. The van der Waals surface area contributed by atoms with E-state index < -0.39 is 5.43 Å². The molecule has 3 nitrogen and oxygen atoms in total. The second kappa shape index (κ2) is 2.82. The lowest BCUT2D eigenvalue weighted by molar-refractivity contribution is -0.0409. The topological polar surface area (TPSA) is 29.5 Å². The first-order valence-corrected chi connectivity index (χ1v) is 2.05. The van der Waals surface area contributed by atoms with E-state index in [1.807, 2.05) is 0 Å². The summed E-state index contributed by atoms with van der Waals surface area (Å²) >= 11 is 4.77. The lowest BCUT2D eigenvalue weighted by atomic mass is 11.2. The zero-order valence-corrected chi connectivity index (χ0v) is 4.90. The van der Waals surface area contributed by atoms with Gasteiger partial charge in [0.1, 0.15) is 0 Å². The number of nitrogens with zero attached hydrogens (tertiary/aromatic N) is 1. The molecule has 7 heavy (non-hydrogen) atoms. The Hall–Kier alpha value is -0.280. The summed E-state index contributed by atoms with van der Waals surface area (Å²) < 4.78 is 0. The van der Waals surface area contributed by atoms with Crippen molar-refractivity contribution in [1.29, 1.82) is 0 Å². The van der Waals surface area contributed by atoms with E-state index in [4.69, 9.17) is 11.6 Å². The highest BCUT2D eigenvalue weighted by Crippen LogP contribution is 1.86. The maximum absolute atomic E-state index is 9.76. The lowest BCUT2D eigenvalue weighted by Crippen LogP contribution is -2.13. The van der Waals surface area contributed by atoms with Gasteiger partial charge >= 0.3 is 5.43 Å². The molecule has 0 saturated carbocycles. The van der Waals surface area contributed by atoms with Gasteiger partial charge in [-0.25, -0.2) is 4.79 Å². The number of carbonyl (C=O) groups is 1. The van der Waals surface area contributed by atoms with Crippen molar-refractivity contribution in [3.8, 4) is 0 Å². The minimum Gasteiger partial charge on any atom is -0.356 e. The minimum atomic E-state index is -0.815. The average Bonchev–Trinajstić information content (AvgIpc) is 1.27. The Morgan fingerprint density at radius 3 is 2.14 bits per heavy atom. The number of hydrogen-bond donors (Lipinski definition) is 0. The van der Waals surface area contributed by atoms with E-state index >= 15 is 0 Å². The largest absolute Gasteiger partial charge is 0.422 e. The summed E-state index contributed by atoms with van der Waals surface area (Å²) in [6.45, 7) is 0. The minimum absolute atomic E-state index is 0.815. The van der Waals surface area contributed by atoms with Crippen LogP contribution in [0.2, 0.25) is 0 Å². The van der Waals surface area contributed by atoms with Crippen molar-refractivity contribution >= 4 is 17.0 Å². The lowest BCUT2D eigenvalue weighted by Gasteiger charge is -2.03. The Morgan fingerprint density at radius 1 is 1.71 bits per heavy atom. The molecular formula is C3H6ClNO2. The van der Waals surface area contributed by atoms with Crippen molar-refractivity contribution in [1.82, 2.24) is 5.06 Å². The summed E-state index contributed by atoms with van der Waals surface area (Å²) in [5, 5.41) is 1.22. The van der Waals surface area contributed by atoms with Gasteiger partial charge in [0.05, 0.1) is 0 Å². The summed E-state index contributed by atoms with van der Waals surface area (Å²) in [6.07, 6.45) is 0. The number of carbonyl (C=O) groups excluding carboxylic acids is 1. The van der Waals surface area contributed by atoms with Gasteiger partial charge in [-0.1, -0.05) is 0 Å². The second-order valence-electron chi connectivity index (χ2n) is 1.14. The molecule has 0 aromatic heterocycles. The van der Waals surface area contributed by atoms with E-state index in [0.717, 1.165) is 0 Å². The normalized spacial score (nSPS) is 9.14. The van der Waals surface area contributed by atoms with Crippen molar-refractivity contribution < 1.29 is 9.63 Å². The molecule has 0 rings (SSSR count). The Labute approximate surface area is 46.8 Å². The van der Waals surface area contributed by atoms with Crippen LogP contribution in [0.15, 0.2) is 0 Å². The Bertz CT molecular complexity index is 73.3. The van der Waals surface area contributed by atoms with E-state index in [-0.39, 0.29) is 0 Å². The van der Waals surface area contributed by atoms with Gasteiger partial charge < -0.3 is 4.84 Å². The Balaban J connectivity index is 3.13. The van der Waals surface area contributed by atoms with Gasteiger partial charge in [-0.15, -0.1) is 5.06 Å². The number of halogens is 1. The first kappa shape index (κ1) is 6.72. The molecule has 0 atom stereocenters. The van der Waals surface area contributed by atoms with E-state index in [9.17, 15) is 4.79 Å². The summed E-state index contributed by atoms with van der Waals surface area (Å²) in [5.74, 6) is 0. The molecule has 0 aliphatic heterocycles. The third kappa shape index (κ3) is 5.72. The highest BCUT2D eigenvalue weighted by Gasteiger charge is 1.94. The van der Waals surface area contributed by atoms with Crippen LogP contribution in [0.25, 0.3) is 0 Å². The van der Waals surface area contributed by atoms with Crippen molar-refractivity contribution in [3.05, 3.63) is 0 Å². The first-order chi connectivity index (χ1) is 3.13. The molecule has 42 valence electrons. The predicted octanol–water partition coefficient (Wildman–Crippen LogP) is 0.838. The third-order valence-electron chi connectivity index (χ3n) is 0.254. The fourth-order valence-corrected chi connectivity index (χ4v) is 0.282. The number of hydrogen-bond acceptors (Lipinski definition) is 3. The van der Waals surface area contributed by atoms with Gasteiger partial charge in [-0.3, -0.25) is 0 Å². The highest BCUT2D eigenvalue weighted by atomic mass is 35.5. The molecule has 0 saturated heterocycles. The van der Waals surface area contributed by atoms with E-state index in [1.54, 1.807) is 14.1 Å². The Kier molecular flexibility index (Phi) is 2.71. The molecule has 0 bridgehead atoms. The van der Waals surface area contributed by atoms with Crippen molar-refractivity contribution in [3.63, 3.8) is 0 Å². The molecule has 0 fully saturated rings. The average molecular weight is 124 g/mol. The van der Waals surface area contributed by atoms with Gasteiger partial charge in [0.15, 0.2) is 0 Å². The van der Waals surface area contributed by atoms with Crippen LogP contribution in [-0.4, -0.2) is 24.6 Å². The fourth-order valence-electron chi connectivity index (χ4n) is 0.144. The molecule has 0 heterocycles. The van der Waals surface area contributed by atoms with Crippen LogP contribution in [0.1, 0.15) is 0 Å². The summed E-state index contributed by atoms with van der Waals surface area (Å²) in [5.41, 5.74) is -0.815. The predicted molar refractivity (Wildman–Crippen MR) is 26.0 cm³/mol. The smallest absolute Gasteiger partial charge is 0.356 e. The molecule has 0 aliphatic carbocycles. The van der Waals surface area contributed by atoms with Crippen LogP contribution >= 0.6 is 11.6 Å². The molecule has 0 radical (unpaired) electrons. The van der Waals surface area contributed by atoms with Gasteiger partial charge in [-0.05, 0) is 0 Å². The number of rotatable bonds is 1. The van der Waals surface area contributed by atoms with Gasteiger partial charge in [-0.2, -0.15) is 0 Å². The van der Waals surface area contributed by atoms with Gasteiger partial charge in [0, 0.05) is 25.7 Å². The molecule has 0 aromatic rings. The van der Waals surface area contributed by atoms with Crippen LogP contribution < -0.4 is 0 Å². The summed E-state index contributed by atoms with van der Waals surface area (Å²) in [7, 11) is 3.14.